The Hall–Kier alpha value is -1.47. The fourth-order valence-electron chi connectivity index (χ4n) is 2.85. The molecule has 2 rings (SSSR count). The zero-order valence-electron chi connectivity index (χ0n) is 13.5. The number of benzene rings is 1. The Labute approximate surface area is 136 Å². The normalized spacial score (nSPS) is 19.5. The zero-order chi connectivity index (χ0) is 17.0. The second kappa shape index (κ2) is 7.40. The third-order valence-corrected chi connectivity index (χ3v) is 5.88. The lowest BCUT2D eigenvalue weighted by Gasteiger charge is -2.26. The van der Waals surface area contributed by atoms with Gasteiger partial charge in [-0.3, -0.25) is 9.69 Å². The summed E-state index contributed by atoms with van der Waals surface area (Å²) < 4.78 is 36.2. The van der Waals surface area contributed by atoms with Crippen LogP contribution in [0.5, 0.6) is 0 Å². The molecule has 1 amide bonds. The maximum atomic E-state index is 13.4. The van der Waals surface area contributed by atoms with Crippen molar-refractivity contribution in [3.63, 3.8) is 0 Å². The minimum Gasteiger partial charge on any atom is -0.354 e. The minimum atomic E-state index is -2.89. The number of carbonyl (C=O) groups is 1. The molecular formula is C16H23FN2O3S. The van der Waals surface area contributed by atoms with Gasteiger partial charge in [0.2, 0.25) is 5.91 Å². The van der Waals surface area contributed by atoms with Crippen LogP contribution >= 0.6 is 0 Å². The fourth-order valence-corrected chi connectivity index (χ4v) is 4.43. The number of halogens is 1. The van der Waals surface area contributed by atoms with E-state index in [0.29, 0.717) is 24.9 Å². The van der Waals surface area contributed by atoms with Gasteiger partial charge in [0, 0.05) is 6.54 Å². The topological polar surface area (TPSA) is 66.5 Å². The predicted octanol–water partition coefficient (Wildman–Crippen LogP) is 1.37. The van der Waals surface area contributed by atoms with Gasteiger partial charge >= 0.3 is 0 Å². The van der Waals surface area contributed by atoms with Crippen LogP contribution in [0.1, 0.15) is 24.4 Å². The molecule has 1 aromatic carbocycles. The number of rotatable bonds is 5. The maximum absolute atomic E-state index is 13.4. The van der Waals surface area contributed by atoms with Gasteiger partial charge in [-0.25, -0.2) is 12.8 Å². The van der Waals surface area contributed by atoms with E-state index in [1.807, 2.05) is 0 Å². The number of hydrogen-bond acceptors (Lipinski definition) is 4. The summed E-state index contributed by atoms with van der Waals surface area (Å²) in [5, 5.41) is 2.88. The predicted molar refractivity (Wildman–Crippen MR) is 87.2 cm³/mol. The first-order valence-electron chi connectivity index (χ1n) is 7.68. The molecule has 128 valence electrons. The Balaban J connectivity index is 1.97. The van der Waals surface area contributed by atoms with Crippen LogP contribution in [0.4, 0.5) is 4.39 Å². The number of hydrogen-bond donors (Lipinski definition) is 1. The van der Waals surface area contributed by atoms with Gasteiger partial charge in [0.05, 0.1) is 11.5 Å². The first-order chi connectivity index (χ1) is 10.8. The van der Waals surface area contributed by atoms with Gasteiger partial charge in [-0.15, -0.1) is 0 Å². The summed E-state index contributed by atoms with van der Waals surface area (Å²) in [7, 11) is 0.638. The summed E-state index contributed by atoms with van der Waals surface area (Å²) in [5.41, 5.74) is 0.596. The lowest BCUT2D eigenvalue weighted by atomic mass is 10.0. The van der Waals surface area contributed by atoms with Crippen LogP contribution in [-0.2, 0) is 14.6 Å². The summed E-state index contributed by atoms with van der Waals surface area (Å²) in [6.07, 6.45) is 1.16. The largest absolute Gasteiger partial charge is 0.354 e. The van der Waals surface area contributed by atoms with Gasteiger partial charge in [-0.1, -0.05) is 12.1 Å². The molecule has 1 atom stereocenters. The number of nitrogens with one attached hydrogen (secondary N) is 1. The van der Waals surface area contributed by atoms with Crippen molar-refractivity contribution in [2.75, 3.05) is 32.1 Å². The third kappa shape index (κ3) is 5.00. The SMILES string of the molecule is CN(C)[C@H](C(=O)NCC1CCS(=O)(=O)CC1)c1cccc(F)c1. The molecule has 1 N–H and O–H groups in total. The Morgan fingerprint density at radius 2 is 2.00 bits per heavy atom. The Bertz CT molecular complexity index is 647. The lowest BCUT2D eigenvalue weighted by Crippen LogP contribution is -2.40. The molecule has 23 heavy (non-hydrogen) atoms. The number of nitrogens with zero attached hydrogens (tertiary/aromatic N) is 1. The molecule has 1 fully saturated rings. The first-order valence-corrected chi connectivity index (χ1v) is 9.50. The molecular weight excluding hydrogens is 319 g/mol. The Morgan fingerprint density at radius 3 is 2.57 bits per heavy atom. The highest BCUT2D eigenvalue weighted by Crippen LogP contribution is 2.21. The van der Waals surface area contributed by atoms with Crippen LogP contribution in [0.3, 0.4) is 0 Å². The molecule has 0 bridgehead atoms. The van der Waals surface area contributed by atoms with Crippen molar-refractivity contribution < 1.29 is 17.6 Å². The molecule has 1 aliphatic heterocycles. The van der Waals surface area contributed by atoms with Crippen LogP contribution in [0.2, 0.25) is 0 Å². The van der Waals surface area contributed by atoms with Crippen LogP contribution in [-0.4, -0.2) is 51.4 Å². The number of likely N-dealkylation sites (N-methyl/N-ethyl adjacent to an activating group) is 1. The van der Waals surface area contributed by atoms with Gasteiger partial charge in [-0.2, -0.15) is 0 Å². The molecule has 0 saturated carbocycles. The van der Waals surface area contributed by atoms with Crippen molar-refractivity contribution in [1.29, 1.82) is 0 Å². The molecule has 1 aliphatic rings. The maximum Gasteiger partial charge on any atom is 0.241 e. The van der Waals surface area contributed by atoms with Crippen LogP contribution < -0.4 is 5.32 Å². The average molecular weight is 342 g/mol. The molecule has 5 nitrogen and oxygen atoms in total. The van der Waals surface area contributed by atoms with E-state index in [0.717, 1.165) is 0 Å². The number of amides is 1. The molecule has 0 spiro atoms. The summed E-state index contributed by atoms with van der Waals surface area (Å²) in [6, 6.07) is 5.44. The van der Waals surface area contributed by atoms with Gasteiger partial charge < -0.3 is 5.32 Å². The third-order valence-electron chi connectivity index (χ3n) is 4.17. The fraction of sp³-hybridized carbons (Fsp3) is 0.562. The highest BCUT2D eigenvalue weighted by atomic mass is 32.2. The smallest absolute Gasteiger partial charge is 0.241 e. The summed E-state index contributed by atoms with van der Waals surface area (Å²) in [4.78, 5) is 14.2. The first kappa shape index (κ1) is 17.9. The average Bonchev–Trinajstić information content (AvgIpc) is 2.46. The molecule has 1 heterocycles. The number of sulfone groups is 1. The van der Waals surface area contributed by atoms with E-state index in [1.165, 1.54) is 12.1 Å². The Kier molecular flexibility index (Phi) is 5.75. The second-order valence-electron chi connectivity index (χ2n) is 6.26. The van der Waals surface area contributed by atoms with Crippen LogP contribution in [0.25, 0.3) is 0 Å². The van der Waals surface area contributed by atoms with Crippen LogP contribution in [0, 0.1) is 11.7 Å². The van der Waals surface area contributed by atoms with E-state index in [2.05, 4.69) is 5.32 Å². The van der Waals surface area contributed by atoms with Gasteiger partial charge in [0.15, 0.2) is 0 Å². The van der Waals surface area contributed by atoms with E-state index in [-0.39, 0.29) is 29.1 Å². The molecule has 1 aromatic rings. The second-order valence-corrected chi connectivity index (χ2v) is 8.57. The minimum absolute atomic E-state index is 0.179. The van der Waals surface area contributed by atoms with E-state index in [9.17, 15) is 17.6 Å². The standard InChI is InChI=1S/C16H23FN2O3S/c1-19(2)15(13-4-3-5-14(17)10-13)16(20)18-11-12-6-8-23(21,22)9-7-12/h3-5,10,12,15H,6-9,11H2,1-2H3,(H,18,20)/t15-/m0/s1. The van der Waals surface area contributed by atoms with Crippen LogP contribution in [0.15, 0.2) is 24.3 Å². The monoisotopic (exact) mass is 342 g/mol. The highest BCUT2D eigenvalue weighted by molar-refractivity contribution is 7.91. The van der Waals surface area contributed by atoms with E-state index >= 15 is 0 Å². The van der Waals surface area contributed by atoms with Gasteiger partial charge in [-0.05, 0) is 50.6 Å². The van der Waals surface area contributed by atoms with Gasteiger partial charge in [0.1, 0.15) is 21.7 Å². The summed E-state index contributed by atoms with van der Waals surface area (Å²) in [5.74, 6) is -0.0187. The van der Waals surface area contributed by atoms with E-state index in [4.69, 9.17) is 0 Å². The molecule has 0 radical (unpaired) electrons. The molecule has 0 aliphatic carbocycles. The molecule has 1 saturated heterocycles. The zero-order valence-corrected chi connectivity index (χ0v) is 14.3. The van der Waals surface area contributed by atoms with Crippen molar-refractivity contribution in [2.24, 2.45) is 5.92 Å². The van der Waals surface area contributed by atoms with Gasteiger partial charge in [0.25, 0.3) is 0 Å². The molecule has 0 unspecified atom stereocenters. The van der Waals surface area contributed by atoms with Crippen molar-refractivity contribution in [3.8, 4) is 0 Å². The lowest BCUT2D eigenvalue weighted by molar-refractivity contribution is -0.126. The quantitative estimate of drug-likeness (QED) is 0.878. The van der Waals surface area contributed by atoms with Crippen molar-refractivity contribution in [1.82, 2.24) is 10.2 Å². The van der Waals surface area contributed by atoms with Crippen molar-refractivity contribution >= 4 is 15.7 Å². The van der Waals surface area contributed by atoms with Crippen molar-refractivity contribution in [2.45, 2.75) is 18.9 Å². The molecule has 7 heteroatoms. The highest BCUT2D eigenvalue weighted by Gasteiger charge is 2.27. The summed E-state index contributed by atoms with van der Waals surface area (Å²) in [6.45, 7) is 0.452. The van der Waals surface area contributed by atoms with Crippen molar-refractivity contribution in [3.05, 3.63) is 35.6 Å². The number of carbonyl (C=O) groups excluding carboxylic acids is 1. The molecule has 0 aromatic heterocycles. The van der Waals surface area contributed by atoms with E-state index in [1.54, 1.807) is 31.1 Å². The Morgan fingerprint density at radius 1 is 1.35 bits per heavy atom. The summed E-state index contributed by atoms with van der Waals surface area (Å²) >= 11 is 0. The van der Waals surface area contributed by atoms with E-state index < -0.39 is 15.9 Å².